The van der Waals surface area contributed by atoms with Gasteiger partial charge in [0.05, 0.1) is 6.33 Å². The first-order valence-electron chi connectivity index (χ1n) is 6.13. The molecule has 7 nitrogen and oxygen atoms in total. The second-order valence-corrected chi connectivity index (χ2v) is 4.65. The van der Waals surface area contributed by atoms with Crippen LogP contribution in [0, 0.1) is 6.92 Å². The lowest BCUT2D eigenvalue weighted by atomic mass is 10.1. The third-order valence-electron chi connectivity index (χ3n) is 3.28. The van der Waals surface area contributed by atoms with Crippen molar-refractivity contribution in [1.82, 2.24) is 29.5 Å². The Labute approximate surface area is 113 Å². The average molecular weight is 265 g/mol. The molecule has 3 N–H and O–H groups in total. The first-order chi connectivity index (χ1) is 9.74. The topological polar surface area (TPSA) is 97.8 Å². The average Bonchev–Trinajstić information content (AvgIpc) is 3.06. The Morgan fingerprint density at radius 1 is 1.20 bits per heavy atom. The number of nitrogen functional groups attached to an aromatic ring is 1. The van der Waals surface area contributed by atoms with Gasteiger partial charge < -0.3 is 10.7 Å². The molecule has 0 saturated heterocycles. The highest BCUT2D eigenvalue weighted by Gasteiger charge is 2.14. The van der Waals surface area contributed by atoms with Crippen LogP contribution in [0.2, 0.25) is 0 Å². The Bertz CT molecular complexity index is 934. The Balaban J connectivity index is 2.07. The fourth-order valence-corrected chi connectivity index (χ4v) is 2.28. The third-order valence-corrected chi connectivity index (χ3v) is 3.28. The van der Waals surface area contributed by atoms with E-state index in [1.165, 1.54) is 0 Å². The van der Waals surface area contributed by atoms with Gasteiger partial charge in [-0.2, -0.15) is 0 Å². The largest absolute Gasteiger partial charge is 0.398 e. The molecule has 3 aromatic heterocycles. The van der Waals surface area contributed by atoms with Gasteiger partial charge in [0.25, 0.3) is 0 Å². The molecule has 4 aromatic rings. The minimum Gasteiger partial charge on any atom is -0.398 e. The van der Waals surface area contributed by atoms with Gasteiger partial charge in [0, 0.05) is 11.3 Å². The predicted molar refractivity (Wildman–Crippen MR) is 75.0 cm³/mol. The molecule has 0 unspecified atom stereocenters. The van der Waals surface area contributed by atoms with Gasteiger partial charge in [0.2, 0.25) is 0 Å². The molecular weight excluding hydrogens is 254 g/mol. The normalized spacial score (nSPS) is 11.4. The SMILES string of the molecule is Cc1ccc(N)c(-c2nnc3c4[nH]cnc4ncn23)c1. The van der Waals surface area contributed by atoms with Gasteiger partial charge in [0.1, 0.15) is 11.8 Å². The number of benzene rings is 1. The molecule has 0 saturated carbocycles. The number of imidazole rings is 1. The van der Waals surface area contributed by atoms with Crippen LogP contribution in [0.4, 0.5) is 5.69 Å². The number of hydrogen-bond donors (Lipinski definition) is 2. The number of hydrogen-bond acceptors (Lipinski definition) is 5. The summed E-state index contributed by atoms with van der Waals surface area (Å²) < 4.78 is 1.81. The van der Waals surface area contributed by atoms with E-state index < -0.39 is 0 Å². The fraction of sp³-hybridized carbons (Fsp3) is 0.0769. The zero-order chi connectivity index (χ0) is 13.7. The van der Waals surface area contributed by atoms with Gasteiger partial charge in [0.15, 0.2) is 17.1 Å². The van der Waals surface area contributed by atoms with Gasteiger partial charge in [-0.15, -0.1) is 10.2 Å². The first kappa shape index (κ1) is 10.9. The highest BCUT2D eigenvalue weighted by molar-refractivity contribution is 5.86. The standard InChI is InChI=1S/C13H11N7/c1-7-2-3-9(14)8(4-7)12-18-19-13-10-11(16-5-15-10)17-6-20(12)13/h2-6H,14H2,1H3,(H,15,16). The second-order valence-electron chi connectivity index (χ2n) is 4.65. The number of anilines is 1. The number of aromatic amines is 1. The zero-order valence-electron chi connectivity index (χ0n) is 10.7. The van der Waals surface area contributed by atoms with Crippen LogP contribution in [0.15, 0.2) is 30.9 Å². The lowest BCUT2D eigenvalue weighted by Gasteiger charge is -2.05. The van der Waals surface area contributed by atoms with E-state index in [9.17, 15) is 0 Å². The van der Waals surface area contributed by atoms with Gasteiger partial charge in [-0.3, -0.25) is 4.40 Å². The van der Waals surface area contributed by atoms with Gasteiger partial charge in [-0.05, 0) is 19.1 Å². The minimum atomic E-state index is 0.619. The molecule has 0 atom stereocenters. The van der Waals surface area contributed by atoms with Gasteiger partial charge >= 0.3 is 0 Å². The molecule has 0 fully saturated rings. The molecule has 0 aliphatic rings. The van der Waals surface area contributed by atoms with Crippen LogP contribution < -0.4 is 5.73 Å². The van der Waals surface area contributed by atoms with Gasteiger partial charge in [-0.1, -0.05) is 11.6 Å². The molecule has 3 heterocycles. The lowest BCUT2D eigenvalue weighted by Crippen LogP contribution is -1.96. The van der Waals surface area contributed by atoms with Gasteiger partial charge in [-0.25, -0.2) is 9.97 Å². The molecule has 7 heteroatoms. The first-order valence-corrected chi connectivity index (χ1v) is 6.13. The maximum Gasteiger partial charge on any atom is 0.190 e. The lowest BCUT2D eigenvalue weighted by molar-refractivity contribution is 1.09. The number of nitrogens with zero attached hydrogens (tertiary/aromatic N) is 5. The molecule has 20 heavy (non-hydrogen) atoms. The predicted octanol–water partition coefficient (Wildman–Crippen LogP) is 1.56. The number of aromatic nitrogens is 6. The maximum atomic E-state index is 6.04. The van der Waals surface area contributed by atoms with Crippen LogP contribution in [0.5, 0.6) is 0 Å². The van der Waals surface area contributed by atoms with Crippen molar-refractivity contribution < 1.29 is 0 Å². The van der Waals surface area contributed by atoms with E-state index >= 15 is 0 Å². The van der Waals surface area contributed by atoms with Crippen LogP contribution in [0.25, 0.3) is 28.2 Å². The molecule has 0 spiro atoms. The number of H-pyrrole nitrogens is 1. The quantitative estimate of drug-likeness (QED) is 0.509. The highest BCUT2D eigenvalue weighted by atomic mass is 15.3. The summed E-state index contributed by atoms with van der Waals surface area (Å²) in [6.07, 6.45) is 3.25. The van der Waals surface area contributed by atoms with Crippen LogP contribution >= 0.6 is 0 Å². The van der Waals surface area contributed by atoms with Crippen LogP contribution in [-0.2, 0) is 0 Å². The summed E-state index contributed by atoms with van der Waals surface area (Å²) in [4.78, 5) is 11.4. The van der Waals surface area contributed by atoms with Crippen molar-refractivity contribution >= 4 is 22.5 Å². The second kappa shape index (κ2) is 3.77. The van der Waals surface area contributed by atoms with Crippen molar-refractivity contribution in [2.75, 3.05) is 5.73 Å². The van der Waals surface area contributed by atoms with E-state index in [0.29, 0.717) is 22.8 Å². The summed E-state index contributed by atoms with van der Waals surface area (Å²) in [7, 11) is 0. The Kier molecular flexibility index (Phi) is 2.06. The summed E-state index contributed by atoms with van der Waals surface area (Å²) in [5.41, 5.74) is 10.7. The number of rotatable bonds is 1. The van der Waals surface area contributed by atoms with E-state index in [1.54, 1.807) is 12.7 Å². The minimum absolute atomic E-state index is 0.619. The highest BCUT2D eigenvalue weighted by Crippen LogP contribution is 2.26. The smallest absolute Gasteiger partial charge is 0.190 e. The van der Waals surface area contributed by atoms with Crippen molar-refractivity contribution in [2.24, 2.45) is 0 Å². The summed E-state index contributed by atoms with van der Waals surface area (Å²) >= 11 is 0. The fourth-order valence-electron chi connectivity index (χ4n) is 2.28. The molecule has 1 aromatic carbocycles. The summed E-state index contributed by atoms with van der Waals surface area (Å²) in [6.45, 7) is 2.01. The summed E-state index contributed by atoms with van der Waals surface area (Å²) in [6, 6.07) is 5.82. The molecule has 0 aliphatic carbocycles. The Morgan fingerprint density at radius 3 is 3.00 bits per heavy atom. The van der Waals surface area contributed by atoms with E-state index in [2.05, 4.69) is 25.1 Å². The van der Waals surface area contributed by atoms with Crippen LogP contribution in [0.1, 0.15) is 5.56 Å². The van der Waals surface area contributed by atoms with Crippen molar-refractivity contribution in [2.45, 2.75) is 6.92 Å². The number of nitrogens with one attached hydrogen (secondary N) is 1. The van der Waals surface area contributed by atoms with E-state index in [1.807, 2.05) is 29.5 Å². The van der Waals surface area contributed by atoms with Crippen molar-refractivity contribution in [3.63, 3.8) is 0 Å². The molecule has 0 radical (unpaired) electrons. The van der Waals surface area contributed by atoms with Crippen molar-refractivity contribution in [1.29, 1.82) is 0 Å². The number of fused-ring (bicyclic) bond motifs is 3. The van der Waals surface area contributed by atoms with E-state index in [0.717, 1.165) is 16.6 Å². The van der Waals surface area contributed by atoms with E-state index in [-0.39, 0.29) is 0 Å². The zero-order valence-corrected chi connectivity index (χ0v) is 10.7. The molecule has 98 valence electrons. The maximum absolute atomic E-state index is 6.04. The third kappa shape index (κ3) is 1.40. The van der Waals surface area contributed by atoms with Crippen LogP contribution in [-0.4, -0.2) is 29.5 Å². The summed E-state index contributed by atoms with van der Waals surface area (Å²) in [5, 5.41) is 8.45. The monoisotopic (exact) mass is 265 g/mol. The number of aryl methyl sites for hydroxylation is 1. The number of nitrogens with two attached hydrogens (primary N) is 1. The molecule has 4 rings (SSSR count). The van der Waals surface area contributed by atoms with E-state index in [4.69, 9.17) is 5.73 Å². The summed E-state index contributed by atoms with van der Waals surface area (Å²) in [5.74, 6) is 0.671. The Hall–Kier alpha value is -2.96. The van der Waals surface area contributed by atoms with Crippen LogP contribution in [0.3, 0.4) is 0 Å². The van der Waals surface area contributed by atoms with Crippen molar-refractivity contribution in [3.8, 4) is 11.4 Å². The molecule has 0 aliphatic heterocycles. The Morgan fingerprint density at radius 2 is 2.10 bits per heavy atom. The molecule has 0 amide bonds. The molecular formula is C13H11N7. The molecule has 0 bridgehead atoms. The van der Waals surface area contributed by atoms with Crippen molar-refractivity contribution in [3.05, 3.63) is 36.4 Å².